The molecular weight excluding hydrogens is 254 g/mol. The van der Waals surface area contributed by atoms with Gasteiger partial charge in [-0.2, -0.15) is 0 Å². The average Bonchev–Trinajstić information content (AvgIpc) is 2.46. The predicted octanol–water partition coefficient (Wildman–Crippen LogP) is 6.49. The van der Waals surface area contributed by atoms with Gasteiger partial charge in [0.15, 0.2) is 0 Å². The van der Waals surface area contributed by atoms with Gasteiger partial charge in [-0.3, -0.25) is 0 Å². The van der Waals surface area contributed by atoms with Crippen LogP contribution in [0.3, 0.4) is 0 Å². The number of hydrogen-bond donors (Lipinski definition) is 1. The Labute approximate surface area is 135 Å². The highest BCUT2D eigenvalue weighted by atomic mass is 14.8. The smallest absolute Gasteiger partial charge is 0.00142 e. The third kappa shape index (κ3) is 19.7. The second-order valence-corrected chi connectivity index (χ2v) is 6.83. The van der Waals surface area contributed by atoms with Gasteiger partial charge in [0, 0.05) is 0 Å². The highest BCUT2D eigenvalue weighted by molar-refractivity contribution is 4.82. The lowest BCUT2D eigenvalue weighted by Crippen LogP contribution is -2.20. The first-order valence-electron chi connectivity index (χ1n) is 9.63. The molecule has 0 unspecified atom stereocenters. The first-order valence-corrected chi connectivity index (χ1v) is 9.63. The monoisotopic (exact) mass is 295 g/mol. The Balaban J connectivity index is 3.04. The molecule has 126 valence electrons. The van der Waals surface area contributed by atoms with Crippen molar-refractivity contribution >= 4 is 0 Å². The van der Waals surface area contributed by atoms with Crippen molar-refractivity contribution < 1.29 is 0 Å². The summed E-state index contributed by atoms with van der Waals surface area (Å²) in [7, 11) is 0. The molecule has 0 aromatic carbocycles. The van der Waals surface area contributed by atoms with E-state index >= 15 is 0 Å². The van der Waals surface area contributed by atoms with Crippen molar-refractivity contribution in [2.45, 2.75) is 97.8 Å². The molecule has 0 aliphatic carbocycles. The topological polar surface area (TPSA) is 12.0 Å². The summed E-state index contributed by atoms with van der Waals surface area (Å²) in [6.45, 7) is 9.08. The van der Waals surface area contributed by atoms with E-state index in [0.717, 1.165) is 19.0 Å². The molecule has 0 bridgehead atoms. The zero-order valence-corrected chi connectivity index (χ0v) is 15.1. The molecule has 0 saturated heterocycles. The minimum atomic E-state index is 0.764. The van der Waals surface area contributed by atoms with Crippen molar-refractivity contribution in [3.63, 3.8) is 0 Å². The lowest BCUT2D eigenvalue weighted by Gasteiger charge is -2.04. The maximum absolute atomic E-state index is 3.48. The maximum atomic E-state index is 3.48. The van der Waals surface area contributed by atoms with Crippen LogP contribution in [0.5, 0.6) is 0 Å². The van der Waals surface area contributed by atoms with Crippen LogP contribution < -0.4 is 5.32 Å². The van der Waals surface area contributed by atoms with Crippen molar-refractivity contribution in [1.29, 1.82) is 0 Å². The Hall–Kier alpha value is -0.300. The number of hydrogen-bond acceptors (Lipinski definition) is 1. The van der Waals surface area contributed by atoms with E-state index < -0.39 is 0 Å². The lowest BCUT2D eigenvalue weighted by atomic mass is 10.1. The summed E-state index contributed by atoms with van der Waals surface area (Å²) < 4.78 is 0. The molecule has 0 aliphatic heterocycles. The van der Waals surface area contributed by atoms with E-state index in [0.29, 0.717) is 0 Å². The molecule has 0 amide bonds. The molecule has 1 nitrogen and oxygen atoms in total. The minimum Gasteiger partial charge on any atom is -0.316 e. The number of unbranched alkanes of at least 4 members (excludes halogenated alkanes) is 10. The third-order valence-electron chi connectivity index (χ3n) is 3.93. The van der Waals surface area contributed by atoms with E-state index in [9.17, 15) is 0 Å². The molecule has 0 aromatic heterocycles. The van der Waals surface area contributed by atoms with E-state index in [-0.39, 0.29) is 0 Å². The Morgan fingerprint density at radius 2 is 1.24 bits per heavy atom. The summed E-state index contributed by atoms with van der Waals surface area (Å²) in [5, 5.41) is 3.48. The lowest BCUT2D eigenvalue weighted by molar-refractivity contribution is 0.555. The van der Waals surface area contributed by atoms with E-state index in [2.05, 4.69) is 38.2 Å². The minimum absolute atomic E-state index is 0.764. The largest absolute Gasteiger partial charge is 0.316 e. The number of rotatable bonds is 16. The zero-order chi connectivity index (χ0) is 15.6. The molecule has 0 radical (unpaired) electrons. The first-order chi connectivity index (χ1) is 10.3. The van der Waals surface area contributed by atoms with E-state index in [1.807, 2.05) is 0 Å². The fourth-order valence-corrected chi connectivity index (χ4v) is 2.56. The van der Waals surface area contributed by atoms with Gasteiger partial charge in [0.25, 0.3) is 0 Å². The van der Waals surface area contributed by atoms with Gasteiger partial charge in [-0.05, 0) is 38.3 Å². The molecule has 0 heterocycles. The van der Waals surface area contributed by atoms with Crippen molar-refractivity contribution in [3.8, 4) is 0 Å². The predicted molar refractivity (Wildman–Crippen MR) is 97.9 cm³/mol. The van der Waals surface area contributed by atoms with Gasteiger partial charge < -0.3 is 5.32 Å². The summed E-state index contributed by atoms with van der Waals surface area (Å²) in [5.41, 5.74) is 0. The van der Waals surface area contributed by atoms with Gasteiger partial charge in [-0.25, -0.2) is 0 Å². The van der Waals surface area contributed by atoms with Crippen LogP contribution in [-0.2, 0) is 0 Å². The van der Waals surface area contributed by atoms with Crippen molar-refractivity contribution in [1.82, 2.24) is 5.32 Å². The first kappa shape index (κ1) is 20.7. The Kier molecular flexibility index (Phi) is 17.5. The van der Waals surface area contributed by atoms with Crippen LogP contribution >= 0.6 is 0 Å². The van der Waals surface area contributed by atoms with E-state index in [4.69, 9.17) is 0 Å². The quantitative estimate of drug-likeness (QED) is 0.253. The maximum Gasteiger partial charge on any atom is -0.00142 e. The molecular formula is C20H41N. The number of nitrogens with one attached hydrogen (secondary N) is 1. The fraction of sp³-hybridized carbons (Fsp3) is 0.900. The van der Waals surface area contributed by atoms with Crippen LogP contribution in [0, 0.1) is 5.92 Å². The third-order valence-corrected chi connectivity index (χ3v) is 3.93. The number of allylic oxidation sites excluding steroid dienone is 1. The second-order valence-electron chi connectivity index (χ2n) is 6.83. The van der Waals surface area contributed by atoms with Crippen LogP contribution in [0.4, 0.5) is 0 Å². The standard InChI is InChI=1S/C20H41N/c1-4-5-6-7-8-9-10-11-12-13-14-15-16-17-18-21-19-20(2)3/h15-16,20-21H,4-14,17-19H2,1-3H3. The molecule has 0 fully saturated rings. The van der Waals surface area contributed by atoms with Gasteiger partial charge in [0.1, 0.15) is 0 Å². The van der Waals surface area contributed by atoms with Crippen LogP contribution in [0.2, 0.25) is 0 Å². The van der Waals surface area contributed by atoms with Gasteiger partial charge in [0.2, 0.25) is 0 Å². The SMILES string of the molecule is CCCCCCCCCCCCC=CCCNCC(C)C. The summed E-state index contributed by atoms with van der Waals surface area (Å²) in [6.07, 6.45) is 21.5. The highest BCUT2D eigenvalue weighted by Crippen LogP contribution is 2.11. The molecule has 0 atom stereocenters. The fourth-order valence-electron chi connectivity index (χ4n) is 2.56. The van der Waals surface area contributed by atoms with Gasteiger partial charge in [0.05, 0.1) is 0 Å². The molecule has 1 heteroatoms. The highest BCUT2D eigenvalue weighted by Gasteiger charge is 1.92. The second kappa shape index (κ2) is 17.8. The summed E-state index contributed by atoms with van der Waals surface area (Å²) in [6, 6.07) is 0. The Morgan fingerprint density at radius 1 is 0.714 bits per heavy atom. The van der Waals surface area contributed by atoms with E-state index in [1.165, 1.54) is 77.0 Å². The molecule has 21 heavy (non-hydrogen) atoms. The van der Waals surface area contributed by atoms with Crippen LogP contribution in [0.15, 0.2) is 12.2 Å². The van der Waals surface area contributed by atoms with Crippen molar-refractivity contribution in [2.24, 2.45) is 5.92 Å². The normalized spacial score (nSPS) is 11.8. The van der Waals surface area contributed by atoms with Gasteiger partial charge >= 0.3 is 0 Å². The summed E-state index contributed by atoms with van der Waals surface area (Å²) in [4.78, 5) is 0. The zero-order valence-electron chi connectivity index (χ0n) is 15.1. The van der Waals surface area contributed by atoms with Gasteiger partial charge in [-0.15, -0.1) is 0 Å². The van der Waals surface area contributed by atoms with Crippen LogP contribution in [0.1, 0.15) is 97.8 Å². The average molecular weight is 296 g/mol. The Bertz CT molecular complexity index is 208. The molecule has 0 aromatic rings. The summed E-state index contributed by atoms with van der Waals surface area (Å²) >= 11 is 0. The molecule has 0 saturated carbocycles. The van der Waals surface area contributed by atoms with Crippen LogP contribution in [-0.4, -0.2) is 13.1 Å². The van der Waals surface area contributed by atoms with Crippen molar-refractivity contribution in [3.05, 3.63) is 12.2 Å². The van der Waals surface area contributed by atoms with Crippen molar-refractivity contribution in [2.75, 3.05) is 13.1 Å². The Morgan fingerprint density at radius 3 is 1.81 bits per heavy atom. The molecule has 1 N–H and O–H groups in total. The molecule has 0 spiro atoms. The van der Waals surface area contributed by atoms with E-state index in [1.54, 1.807) is 0 Å². The molecule has 0 rings (SSSR count). The summed E-state index contributed by atoms with van der Waals surface area (Å²) in [5.74, 6) is 0.764. The molecule has 0 aliphatic rings. The van der Waals surface area contributed by atoms with Gasteiger partial charge in [-0.1, -0.05) is 90.7 Å². The van der Waals surface area contributed by atoms with Crippen LogP contribution in [0.25, 0.3) is 0 Å².